The average Bonchev–Trinajstić information content (AvgIpc) is 2.96. The Hall–Kier alpha value is -3.32. The number of carbonyl (C=O) groups is 2. The molecule has 2 heterocycles. The third kappa shape index (κ3) is 5.67. The number of carboxylic acids is 2. The van der Waals surface area contributed by atoms with Gasteiger partial charge in [-0.1, -0.05) is 11.6 Å². The maximum Gasteiger partial charge on any atom is 0.328 e. The van der Waals surface area contributed by atoms with Crippen LogP contribution >= 0.6 is 11.6 Å². The number of hydrogen-bond acceptors (Lipinski definition) is 4. The second-order valence-electron chi connectivity index (χ2n) is 4.75. The van der Waals surface area contributed by atoms with Gasteiger partial charge in [-0.3, -0.25) is 15.1 Å². The predicted molar refractivity (Wildman–Crippen MR) is 94.6 cm³/mol. The molecule has 25 heavy (non-hydrogen) atoms. The molecule has 0 unspecified atom stereocenters. The van der Waals surface area contributed by atoms with E-state index in [1.54, 1.807) is 12.4 Å². The maximum atomic E-state index is 9.55. The Bertz CT molecular complexity index is 891. The third-order valence-electron chi connectivity index (χ3n) is 2.95. The van der Waals surface area contributed by atoms with Crippen LogP contribution in [0.1, 0.15) is 0 Å². The highest BCUT2D eigenvalue weighted by molar-refractivity contribution is 6.31. The van der Waals surface area contributed by atoms with Crippen LogP contribution in [0.25, 0.3) is 10.9 Å². The fourth-order valence-corrected chi connectivity index (χ4v) is 2.10. The monoisotopic (exact) mass is 359 g/mol. The van der Waals surface area contributed by atoms with Gasteiger partial charge in [0.1, 0.15) is 0 Å². The Morgan fingerprint density at radius 2 is 1.68 bits per heavy atom. The van der Waals surface area contributed by atoms with Gasteiger partial charge in [0.2, 0.25) is 0 Å². The molecule has 0 aliphatic heterocycles. The predicted octanol–water partition coefficient (Wildman–Crippen LogP) is 3.28. The van der Waals surface area contributed by atoms with E-state index in [0.717, 1.165) is 21.6 Å². The fraction of sp³-hybridized carbons (Fsp3) is 0. The summed E-state index contributed by atoms with van der Waals surface area (Å²) < 4.78 is 1.96. The highest BCUT2D eigenvalue weighted by Crippen LogP contribution is 2.20. The van der Waals surface area contributed by atoms with Crippen LogP contribution in [-0.4, -0.2) is 31.8 Å². The number of carboxylic acid groups (broad SMARTS) is 2. The summed E-state index contributed by atoms with van der Waals surface area (Å²) in [7, 11) is 0. The van der Waals surface area contributed by atoms with Crippen LogP contribution in [0.3, 0.4) is 0 Å². The van der Waals surface area contributed by atoms with Crippen molar-refractivity contribution in [2.24, 2.45) is 0 Å². The summed E-state index contributed by atoms with van der Waals surface area (Å²) in [6.45, 7) is 0. The van der Waals surface area contributed by atoms with Gasteiger partial charge in [-0.05, 0) is 36.4 Å². The smallest absolute Gasteiger partial charge is 0.328 e. The summed E-state index contributed by atoms with van der Waals surface area (Å²) in [5.41, 5.74) is 5.36. The molecule has 3 aromatic rings. The lowest BCUT2D eigenvalue weighted by atomic mass is 10.2. The van der Waals surface area contributed by atoms with Crippen LogP contribution in [0.2, 0.25) is 5.02 Å². The first-order valence-electron chi connectivity index (χ1n) is 7.03. The average molecular weight is 360 g/mol. The molecule has 2 aromatic heterocycles. The number of rotatable bonds is 4. The third-order valence-corrected chi connectivity index (χ3v) is 3.19. The second-order valence-corrected chi connectivity index (χ2v) is 5.18. The number of benzene rings is 1. The van der Waals surface area contributed by atoms with E-state index < -0.39 is 11.9 Å². The second kappa shape index (κ2) is 8.51. The summed E-state index contributed by atoms with van der Waals surface area (Å²) in [6, 6.07) is 11.7. The number of halogens is 1. The normalized spacial score (nSPS) is 10.3. The number of aromatic nitrogens is 2. The molecule has 0 saturated heterocycles. The zero-order valence-corrected chi connectivity index (χ0v) is 13.6. The van der Waals surface area contributed by atoms with Crippen molar-refractivity contribution in [1.29, 1.82) is 0 Å². The topological polar surface area (TPSA) is 104 Å². The molecule has 0 fully saturated rings. The van der Waals surface area contributed by atoms with E-state index in [2.05, 4.69) is 10.4 Å². The minimum atomic E-state index is -1.26. The SMILES string of the molecule is Clc1ccc2c(ccn2Nc2ccncc2)c1.O=C(O)/C=C\C(=O)O. The van der Waals surface area contributed by atoms with E-state index in [1.165, 1.54) is 0 Å². The van der Waals surface area contributed by atoms with Gasteiger partial charge in [0.15, 0.2) is 0 Å². The standard InChI is InChI=1S/C13H10ClN3.C4H4O4/c14-11-1-2-13-10(9-11)5-8-17(13)16-12-3-6-15-7-4-12;5-3(6)1-2-4(7)8/h1-9H,(H,15,16);1-2H,(H,5,6)(H,7,8)/b;2-1-. The molecule has 0 atom stereocenters. The van der Waals surface area contributed by atoms with Gasteiger partial charge < -0.3 is 10.2 Å². The number of nitrogens with one attached hydrogen (secondary N) is 1. The molecule has 1 aromatic carbocycles. The zero-order chi connectivity index (χ0) is 18.2. The highest BCUT2D eigenvalue weighted by Gasteiger charge is 2.01. The summed E-state index contributed by atoms with van der Waals surface area (Å²) in [4.78, 5) is 23.1. The van der Waals surface area contributed by atoms with E-state index >= 15 is 0 Å². The molecule has 0 aliphatic carbocycles. The van der Waals surface area contributed by atoms with Gasteiger partial charge in [-0.2, -0.15) is 0 Å². The molecule has 0 spiro atoms. The Kier molecular flexibility index (Phi) is 6.14. The molecule has 0 saturated carbocycles. The van der Waals surface area contributed by atoms with Gasteiger partial charge in [-0.25, -0.2) is 9.59 Å². The minimum absolute atomic E-state index is 0.558. The molecule has 7 nitrogen and oxygen atoms in total. The number of anilines is 1. The van der Waals surface area contributed by atoms with Crippen LogP contribution in [0.15, 0.2) is 67.1 Å². The summed E-state index contributed by atoms with van der Waals surface area (Å²) in [5.74, 6) is -2.51. The van der Waals surface area contributed by atoms with Crippen molar-refractivity contribution < 1.29 is 19.8 Å². The van der Waals surface area contributed by atoms with Gasteiger partial charge in [0, 0.05) is 41.2 Å². The lowest BCUT2D eigenvalue weighted by Gasteiger charge is -2.08. The van der Waals surface area contributed by atoms with Crippen molar-refractivity contribution in [2.75, 3.05) is 5.43 Å². The molecule has 0 radical (unpaired) electrons. The summed E-state index contributed by atoms with van der Waals surface area (Å²) >= 11 is 5.95. The van der Waals surface area contributed by atoms with Gasteiger partial charge in [-0.15, -0.1) is 0 Å². The number of nitrogens with zero attached hydrogens (tertiary/aromatic N) is 2. The fourth-order valence-electron chi connectivity index (χ4n) is 1.92. The lowest BCUT2D eigenvalue weighted by Crippen LogP contribution is -2.06. The van der Waals surface area contributed by atoms with Crippen molar-refractivity contribution in [3.63, 3.8) is 0 Å². The van der Waals surface area contributed by atoms with Crippen LogP contribution in [0.5, 0.6) is 0 Å². The maximum absolute atomic E-state index is 9.55. The van der Waals surface area contributed by atoms with E-state index in [1.807, 2.05) is 47.3 Å². The molecular formula is C17H14ClN3O4. The Labute approximate surface area is 147 Å². The Balaban J connectivity index is 0.000000242. The van der Waals surface area contributed by atoms with Crippen LogP contribution in [0, 0.1) is 0 Å². The molecule has 0 aliphatic rings. The van der Waals surface area contributed by atoms with Gasteiger partial charge >= 0.3 is 11.9 Å². The first kappa shape index (κ1) is 18.0. The summed E-state index contributed by atoms with van der Waals surface area (Å²) in [5, 5.41) is 17.5. The van der Waals surface area contributed by atoms with E-state index in [9.17, 15) is 9.59 Å². The molecule has 0 amide bonds. The lowest BCUT2D eigenvalue weighted by molar-refractivity contribution is -0.134. The first-order chi connectivity index (χ1) is 12.0. The molecule has 3 N–H and O–H groups in total. The quantitative estimate of drug-likeness (QED) is 0.617. The van der Waals surface area contributed by atoms with E-state index in [0.29, 0.717) is 12.2 Å². The number of pyridine rings is 1. The van der Waals surface area contributed by atoms with Crippen LogP contribution in [0.4, 0.5) is 5.69 Å². The summed E-state index contributed by atoms with van der Waals surface area (Å²) in [6.07, 6.45) is 6.60. The number of hydrogen-bond donors (Lipinski definition) is 3. The number of aliphatic carboxylic acids is 2. The molecule has 0 bridgehead atoms. The van der Waals surface area contributed by atoms with Gasteiger partial charge in [0.05, 0.1) is 11.2 Å². The van der Waals surface area contributed by atoms with Gasteiger partial charge in [0.25, 0.3) is 0 Å². The van der Waals surface area contributed by atoms with Crippen molar-refractivity contribution in [3.05, 3.63) is 72.2 Å². The Morgan fingerprint density at radius 3 is 2.28 bits per heavy atom. The highest BCUT2D eigenvalue weighted by atomic mass is 35.5. The van der Waals surface area contributed by atoms with E-state index in [-0.39, 0.29) is 0 Å². The van der Waals surface area contributed by atoms with Crippen LogP contribution in [-0.2, 0) is 9.59 Å². The van der Waals surface area contributed by atoms with Crippen molar-refractivity contribution in [1.82, 2.24) is 9.66 Å². The number of fused-ring (bicyclic) bond motifs is 1. The molecule has 8 heteroatoms. The van der Waals surface area contributed by atoms with Crippen molar-refractivity contribution in [3.8, 4) is 0 Å². The van der Waals surface area contributed by atoms with Crippen molar-refractivity contribution >= 4 is 40.1 Å². The molecule has 3 rings (SSSR count). The molecule has 128 valence electrons. The molecular weight excluding hydrogens is 346 g/mol. The zero-order valence-electron chi connectivity index (χ0n) is 12.8. The Morgan fingerprint density at radius 1 is 1.04 bits per heavy atom. The van der Waals surface area contributed by atoms with E-state index in [4.69, 9.17) is 21.8 Å². The largest absolute Gasteiger partial charge is 0.478 e. The first-order valence-corrected chi connectivity index (χ1v) is 7.41. The van der Waals surface area contributed by atoms with Crippen LogP contribution < -0.4 is 5.43 Å². The van der Waals surface area contributed by atoms with Crippen molar-refractivity contribution in [2.45, 2.75) is 0 Å². The minimum Gasteiger partial charge on any atom is -0.478 e.